The first-order valence-corrected chi connectivity index (χ1v) is 4.78. The molecule has 3 nitrogen and oxygen atoms in total. The summed E-state index contributed by atoms with van der Waals surface area (Å²) >= 11 is 0. The van der Waals surface area contributed by atoms with Crippen molar-refractivity contribution in [2.45, 2.75) is 50.7 Å². The van der Waals surface area contributed by atoms with Gasteiger partial charge >= 0.3 is 0 Å². The van der Waals surface area contributed by atoms with E-state index in [-0.39, 0.29) is 18.7 Å². The molecule has 78 valence electrons. The number of amides is 1. The Kier molecular flexibility index (Phi) is 2.79. The van der Waals surface area contributed by atoms with Crippen molar-refractivity contribution in [2.75, 3.05) is 0 Å². The lowest BCUT2D eigenvalue weighted by molar-refractivity contribution is -0.122. The Morgan fingerprint density at radius 2 is 2.21 bits per heavy atom. The van der Waals surface area contributed by atoms with Gasteiger partial charge in [-0.1, -0.05) is 0 Å². The SMILES string of the molecule is CC(C)(F)CCC(=O)NC1(C#N)CC1. The van der Waals surface area contributed by atoms with Gasteiger partial charge in [0.05, 0.1) is 6.07 Å². The first-order valence-electron chi connectivity index (χ1n) is 4.78. The highest BCUT2D eigenvalue weighted by Gasteiger charge is 2.44. The largest absolute Gasteiger partial charge is 0.338 e. The van der Waals surface area contributed by atoms with E-state index in [1.807, 2.05) is 0 Å². The van der Waals surface area contributed by atoms with Crippen molar-refractivity contribution in [3.05, 3.63) is 0 Å². The maximum atomic E-state index is 13.0. The minimum Gasteiger partial charge on any atom is -0.338 e. The predicted octanol–water partition coefficient (Wildman–Crippen LogP) is 1.69. The molecular formula is C10H15FN2O. The molecule has 0 bridgehead atoms. The third kappa shape index (κ3) is 3.33. The van der Waals surface area contributed by atoms with Crippen molar-refractivity contribution >= 4 is 5.91 Å². The Morgan fingerprint density at radius 3 is 2.57 bits per heavy atom. The lowest BCUT2D eigenvalue weighted by Crippen LogP contribution is -2.36. The number of hydrogen-bond acceptors (Lipinski definition) is 2. The minimum absolute atomic E-state index is 0.146. The molecule has 0 atom stereocenters. The normalized spacial score (nSPS) is 18.4. The monoisotopic (exact) mass is 198 g/mol. The van der Waals surface area contributed by atoms with Crippen LogP contribution in [-0.2, 0) is 4.79 Å². The van der Waals surface area contributed by atoms with Crippen LogP contribution in [0.15, 0.2) is 0 Å². The second kappa shape index (κ2) is 3.56. The molecule has 0 radical (unpaired) electrons. The molecule has 4 heteroatoms. The fraction of sp³-hybridized carbons (Fsp3) is 0.800. The van der Waals surface area contributed by atoms with Crippen molar-refractivity contribution in [3.8, 4) is 6.07 Å². The van der Waals surface area contributed by atoms with Crippen LogP contribution in [0.5, 0.6) is 0 Å². The van der Waals surface area contributed by atoms with Crippen LogP contribution in [-0.4, -0.2) is 17.1 Å². The van der Waals surface area contributed by atoms with E-state index in [4.69, 9.17) is 5.26 Å². The zero-order chi connectivity index (χ0) is 10.8. The third-order valence-corrected chi connectivity index (χ3v) is 2.29. The third-order valence-electron chi connectivity index (χ3n) is 2.29. The molecule has 0 aromatic heterocycles. The highest BCUT2D eigenvalue weighted by Crippen LogP contribution is 2.34. The van der Waals surface area contributed by atoms with Crippen LogP contribution in [0.3, 0.4) is 0 Å². The molecule has 0 aromatic rings. The van der Waals surface area contributed by atoms with Crippen LogP contribution in [0.1, 0.15) is 39.5 Å². The van der Waals surface area contributed by atoms with Gasteiger partial charge in [0.2, 0.25) is 5.91 Å². The minimum atomic E-state index is -1.32. The Balaban J connectivity index is 2.28. The van der Waals surface area contributed by atoms with Crippen LogP contribution >= 0.6 is 0 Å². The summed E-state index contributed by atoms with van der Waals surface area (Å²) in [6, 6.07) is 2.05. The van der Waals surface area contributed by atoms with Crippen molar-refractivity contribution in [2.24, 2.45) is 0 Å². The number of nitriles is 1. The van der Waals surface area contributed by atoms with Crippen molar-refractivity contribution in [1.82, 2.24) is 5.32 Å². The Bertz CT molecular complexity index is 271. The number of alkyl halides is 1. The van der Waals surface area contributed by atoms with Crippen LogP contribution < -0.4 is 5.32 Å². The molecule has 0 saturated heterocycles. The Morgan fingerprint density at radius 1 is 1.64 bits per heavy atom. The van der Waals surface area contributed by atoms with Crippen molar-refractivity contribution in [1.29, 1.82) is 5.26 Å². The summed E-state index contributed by atoms with van der Waals surface area (Å²) in [6.45, 7) is 2.88. The molecule has 1 fully saturated rings. The van der Waals surface area contributed by atoms with Crippen LogP contribution in [0.2, 0.25) is 0 Å². The first kappa shape index (κ1) is 11.0. The lowest BCUT2D eigenvalue weighted by atomic mass is 10.0. The van der Waals surface area contributed by atoms with Gasteiger partial charge in [0.1, 0.15) is 11.2 Å². The van der Waals surface area contributed by atoms with Gasteiger partial charge < -0.3 is 5.32 Å². The van der Waals surface area contributed by atoms with Crippen LogP contribution in [0.25, 0.3) is 0 Å². The average molecular weight is 198 g/mol. The fourth-order valence-corrected chi connectivity index (χ4v) is 1.13. The maximum Gasteiger partial charge on any atom is 0.221 e. The number of rotatable bonds is 4. The zero-order valence-corrected chi connectivity index (χ0v) is 8.56. The molecule has 1 amide bonds. The fourth-order valence-electron chi connectivity index (χ4n) is 1.13. The molecule has 1 N–H and O–H groups in total. The van der Waals surface area contributed by atoms with Gasteiger partial charge in [-0.2, -0.15) is 5.26 Å². The molecule has 0 aromatic carbocycles. The van der Waals surface area contributed by atoms with E-state index >= 15 is 0 Å². The van der Waals surface area contributed by atoms with Gasteiger partial charge in [-0.05, 0) is 33.1 Å². The lowest BCUT2D eigenvalue weighted by Gasteiger charge is -2.14. The molecule has 0 heterocycles. The molecule has 1 rings (SSSR count). The zero-order valence-electron chi connectivity index (χ0n) is 8.56. The number of carbonyl (C=O) groups is 1. The Hall–Kier alpha value is -1.11. The highest BCUT2D eigenvalue weighted by atomic mass is 19.1. The summed E-state index contributed by atoms with van der Waals surface area (Å²) in [4.78, 5) is 11.3. The molecular weight excluding hydrogens is 183 g/mol. The van der Waals surface area contributed by atoms with E-state index in [0.717, 1.165) is 0 Å². The van der Waals surface area contributed by atoms with Gasteiger partial charge in [0.25, 0.3) is 0 Å². The molecule has 0 aliphatic heterocycles. The van der Waals surface area contributed by atoms with Crippen molar-refractivity contribution < 1.29 is 9.18 Å². The summed E-state index contributed by atoms with van der Waals surface area (Å²) in [5, 5.41) is 11.3. The van der Waals surface area contributed by atoms with Gasteiger partial charge in [0, 0.05) is 6.42 Å². The van der Waals surface area contributed by atoms with Crippen LogP contribution in [0.4, 0.5) is 4.39 Å². The van der Waals surface area contributed by atoms with Gasteiger partial charge in [0.15, 0.2) is 0 Å². The summed E-state index contributed by atoms with van der Waals surface area (Å²) in [6.07, 6.45) is 1.77. The van der Waals surface area contributed by atoms with Gasteiger partial charge in [-0.15, -0.1) is 0 Å². The van der Waals surface area contributed by atoms with E-state index in [1.54, 1.807) is 0 Å². The number of hydrogen-bond donors (Lipinski definition) is 1. The number of carbonyl (C=O) groups excluding carboxylic acids is 1. The smallest absolute Gasteiger partial charge is 0.221 e. The summed E-state index contributed by atoms with van der Waals surface area (Å²) in [5.74, 6) is -0.227. The topological polar surface area (TPSA) is 52.9 Å². The molecule has 1 saturated carbocycles. The maximum absolute atomic E-state index is 13.0. The molecule has 0 unspecified atom stereocenters. The number of nitrogens with zero attached hydrogens (tertiary/aromatic N) is 1. The summed E-state index contributed by atoms with van der Waals surface area (Å²) in [5.41, 5.74) is -1.95. The van der Waals surface area contributed by atoms with E-state index < -0.39 is 11.2 Å². The predicted molar refractivity (Wildman–Crippen MR) is 50.1 cm³/mol. The number of nitrogens with one attached hydrogen (secondary N) is 1. The standard InChI is InChI=1S/C10H15FN2O/c1-9(2,11)4-3-8(14)13-10(7-12)5-6-10/h3-6H2,1-2H3,(H,13,14). The van der Waals surface area contributed by atoms with Crippen molar-refractivity contribution in [3.63, 3.8) is 0 Å². The molecule has 14 heavy (non-hydrogen) atoms. The molecule has 1 aliphatic carbocycles. The molecule has 1 aliphatic rings. The second-order valence-corrected chi connectivity index (χ2v) is 4.46. The molecule has 0 spiro atoms. The average Bonchev–Trinajstić information content (AvgIpc) is 2.81. The second-order valence-electron chi connectivity index (χ2n) is 4.46. The van der Waals surface area contributed by atoms with E-state index in [1.165, 1.54) is 13.8 Å². The van der Waals surface area contributed by atoms with Crippen LogP contribution in [0, 0.1) is 11.3 Å². The quantitative estimate of drug-likeness (QED) is 0.747. The van der Waals surface area contributed by atoms with E-state index in [9.17, 15) is 9.18 Å². The summed E-state index contributed by atoms with van der Waals surface area (Å²) in [7, 11) is 0. The highest BCUT2D eigenvalue weighted by molar-refractivity contribution is 5.78. The van der Waals surface area contributed by atoms with Gasteiger partial charge in [-0.25, -0.2) is 4.39 Å². The van der Waals surface area contributed by atoms with E-state index in [2.05, 4.69) is 11.4 Å². The summed E-state index contributed by atoms with van der Waals surface area (Å²) < 4.78 is 13.0. The first-order chi connectivity index (χ1) is 6.37. The van der Waals surface area contributed by atoms with Gasteiger partial charge in [-0.3, -0.25) is 4.79 Å². The number of halogens is 1. The van der Waals surface area contributed by atoms with E-state index in [0.29, 0.717) is 12.8 Å². The Labute approximate surface area is 83.3 Å².